The summed E-state index contributed by atoms with van der Waals surface area (Å²) in [6.07, 6.45) is 3.49. The first-order valence-electron chi connectivity index (χ1n) is 10.4. The fraction of sp³-hybridized carbons (Fsp3) is 0.333. The fourth-order valence-electron chi connectivity index (χ4n) is 4.41. The van der Waals surface area contributed by atoms with Crippen molar-refractivity contribution in [2.24, 2.45) is 0 Å². The van der Waals surface area contributed by atoms with Crippen LogP contribution in [0.5, 0.6) is 5.75 Å². The summed E-state index contributed by atoms with van der Waals surface area (Å²) in [5.74, 6) is -4.11. The van der Waals surface area contributed by atoms with E-state index in [0.717, 1.165) is 37.8 Å². The molecule has 168 valence electrons. The monoisotopic (exact) mass is 461 g/mol. The van der Waals surface area contributed by atoms with E-state index in [1.54, 1.807) is 13.8 Å². The van der Waals surface area contributed by atoms with Crippen LogP contribution in [0.4, 0.5) is 8.78 Å². The number of hydrogen-bond acceptors (Lipinski definition) is 4. The van der Waals surface area contributed by atoms with Crippen LogP contribution in [-0.2, 0) is 9.53 Å². The lowest BCUT2D eigenvalue weighted by Crippen LogP contribution is -2.20. The molecule has 1 unspecified atom stereocenters. The number of carbonyl (C=O) groups is 2. The third-order valence-corrected chi connectivity index (χ3v) is 6.37. The molecular formula is C24H22ClF2NO4. The van der Waals surface area contributed by atoms with Crippen molar-refractivity contribution < 1.29 is 28.2 Å². The van der Waals surface area contributed by atoms with Gasteiger partial charge >= 0.3 is 5.97 Å². The minimum absolute atomic E-state index is 0.00752. The second kappa shape index (κ2) is 8.54. The number of halogens is 3. The fourth-order valence-corrected chi connectivity index (χ4v) is 4.52. The number of ether oxygens (including phenoxy) is 1. The molecule has 0 aliphatic heterocycles. The summed E-state index contributed by atoms with van der Waals surface area (Å²) in [5.41, 5.74) is 0.990. The predicted molar refractivity (Wildman–Crippen MR) is 116 cm³/mol. The number of fused-ring (bicyclic) bond motifs is 1. The summed E-state index contributed by atoms with van der Waals surface area (Å²) in [7, 11) is 0. The van der Waals surface area contributed by atoms with E-state index in [1.165, 1.54) is 22.8 Å². The first-order chi connectivity index (χ1) is 15.2. The highest BCUT2D eigenvalue weighted by molar-refractivity contribution is 6.30. The van der Waals surface area contributed by atoms with E-state index in [0.29, 0.717) is 16.6 Å². The summed E-state index contributed by atoms with van der Waals surface area (Å²) >= 11 is 5.72. The Hall–Kier alpha value is -2.93. The molecule has 1 saturated carbocycles. The molecule has 3 aromatic rings. The molecule has 0 bridgehead atoms. The van der Waals surface area contributed by atoms with Crippen LogP contribution in [0.1, 0.15) is 60.1 Å². The number of rotatable bonds is 4. The molecule has 0 saturated heterocycles. The van der Waals surface area contributed by atoms with Gasteiger partial charge in [-0.3, -0.25) is 14.2 Å². The minimum Gasteiger partial charge on any atom is -0.505 e. The second-order valence-electron chi connectivity index (χ2n) is 8.15. The molecule has 1 fully saturated rings. The zero-order valence-electron chi connectivity index (χ0n) is 17.6. The summed E-state index contributed by atoms with van der Waals surface area (Å²) in [6, 6.07) is 5.86. The van der Waals surface area contributed by atoms with E-state index in [-0.39, 0.29) is 22.2 Å². The average Bonchev–Trinajstić information content (AvgIpc) is 3.35. The zero-order valence-corrected chi connectivity index (χ0v) is 18.4. The lowest BCUT2D eigenvalue weighted by molar-refractivity contribution is -0.150. The first kappa shape index (κ1) is 22.3. The van der Waals surface area contributed by atoms with Crippen LogP contribution >= 0.6 is 11.6 Å². The Kier molecular flexibility index (Phi) is 5.95. The van der Waals surface area contributed by atoms with E-state index in [1.807, 2.05) is 0 Å². The van der Waals surface area contributed by atoms with Crippen molar-refractivity contribution in [3.8, 4) is 5.75 Å². The van der Waals surface area contributed by atoms with Gasteiger partial charge in [0.15, 0.2) is 11.6 Å². The van der Waals surface area contributed by atoms with Gasteiger partial charge in [0, 0.05) is 22.7 Å². The van der Waals surface area contributed by atoms with Gasteiger partial charge in [-0.15, -0.1) is 0 Å². The van der Waals surface area contributed by atoms with Gasteiger partial charge in [-0.25, -0.2) is 8.78 Å². The van der Waals surface area contributed by atoms with Crippen molar-refractivity contribution in [2.75, 3.05) is 0 Å². The van der Waals surface area contributed by atoms with Crippen LogP contribution in [0.3, 0.4) is 0 Å². The highest BCUT2D eigenvalue weighted by atomic mass is 35.5. The molecule has 0 radical (unpaired) electrons. The van der Waals surface area contributed by atoms with Gasteiger partial charge in [-0.2, -0.15) is 0 Å². The largest absolute Gasteiger partial charge is 0.505 e. The van der Waals surface area contributed by atoms with Gasteiger partial charge in [0.1, 0.15) is 11.9 Å². The van der Waals surface area contributed by atoms with Gasteiger partial charge in [0.25, 0.3) is 5.91 Å². The Morgan fingerprint density at radius 3 is 2.50 bits per heavy atom. The Bertz CT molecular complexity index is 1230. The average molecular weight is 462 g/mol. The number of aromatic nitrogens is 1. The van der Waals surface area contributed by atoms with Gasteiger partial charge in [-0.05, 0) is 69.4 Å². The molecule has 1 aliphatic carbocycles. The number of phenolic OH excluding ortho intramolecular Hbond substituents is 1. The normalized spacial score (nSPS) is 15.3. The number of aromatic hydroxyl groups is 1. The van der Waals surface area contributed by atoms with E-state index in [9.17, 15) is 23.5 Å². The highest BCUT2D eigenvalue weighted by Crippen LogP contribution is 2.37. The van der Waals surface area contributed by atoms with Crippen molar-refractivity contribution in [2.45, 2.75) is 51.6 Å². The molecule has 2 aromatic carbocycles. The highest BCUT2D eigenvalue weighted by Gasteiger charge is 2.30. The van der Waals surface area contributed by atoms with Crippen LogP contribution in [0.15, 0.2) is 30.3 Å². The number of nitrogens with zero attached hydrogens (tertiary/aromatic N) is 1. The Balaban J connectivity index is 1.84. The predicted octanol–water partition coefficient (Wildman–Crippen LogP) is 5.86. The molecule has 1 aliphatic rings. The van der Waals surface area contributed by atoms with Crippen LogP contribution in [0, 0.1) is 18.6 Å². The Morgan fingerprint density at radius 1 is 1.16 bits per heavy atom. The Morgan fingerprint density at radius 2 is 1.84 bits per heavy atom. The van der Waals surface area contributed by atoms with E-state index in [2.05, 4.69) is 0 Å². The van der Waals surface area contributed by atoms with Gasteiger partial charge in [0.2, 0.25) is 0 Å². The Labute approximate surface area is 188 Å². The molecule has 1 N–H and O–H groups in total. The van der Waals surface area contributed by atoms with Gasteiger partial charge < -0.3 is 9.84 Å². The molecule has 1 aromatic heterocycles. The molecule has 32 heavy (non-hydrogen) atoms. The lowest BCUT2D eigenvalue weighted by Gasteiger charge is -2.17. The smallest absolute Gasteiger partial charge is 0.313 e. The van der Waals surface area contributed by atoms with Gasteiger partial charge in [0.05, 0.1) is 16.5 Å². The van der Waals surface area contributed by atoms with Crippen LogP contribution in [-0.4, -0.2) is 27.7 Å². The number of hydrogen-bond donors (Lipinski definition) is 1. The molecule has 0 amide bonds. The standard InChI is InChI=1S/C24H22ClF2NO4/c1-12(24(31)32-15-5-3-4-6-15)22-13(2)28(20-11-19(27)21(29)10-16(20)22)23(30)14-7-8-17(25)18(26)9-14/h7-12,15,29H,3-6H2,1-2H3. The molecule has 8 heteroatoms. The van der Waals surface area contributed by atoms with E-state index < -0.39 is 35.2 Å². The summed E-state index contributed by atoms with van der Waals surface area (Å²) in [4.78, 5) is 26.1. The van der Waals surface area contributed by atoms with Crippen molar-refractivity contribution in [3.05, 3.63) is 63.8 Å². The quantitative estimate of drug-likeness (QED) is 0.494. The van der Waals surface area contributed by atoms with Crippen molar-refractivity contribution in [1.82, 2.24) is 4.57 Å². The summed E-state index contributed by atoms with van der Waals surface area (Å²) < 4.78 is 35.1. The maximum absolute atomic E-state index is 14.2. The molecule has 1 atom stereocenters. The van der Waals surface area contributed by atoms with Crippen LogP contribution < -0.4 is 0 Å². The minimum atomic E-state index is -0.918. The molecule has 4 rings (SSSR count). The number of carbonyl (C=O) groups excluding carboxylic acids is 2. The maximum Gasteiger partial charge on any atom is 0.313 e. The van der Waals surface area contributed by atoms with E-state index >= 15 is 0 Å². The molecular weight excluding hydrogens is 440 g/mol. The molecule has 1 heterocycles. The summed E-state index contributed by atoms with van der Waals surface area (Å²) in [6.45, 7) is 3.27. The number of phenols is 1. The number of benzene rings is 2. The van der Waals surface area contributed by atoms with Crippen molar-refractivity contribution >= 4 is 34.4 Å². The van der Waals surface area contributed by atoms with Crippen molar-refractivity contribution in [3.63, 3.8) is 0 Å². The molecule has 5 nitrogen and oxygen atoms in total. The first-order valence-corrected chi connectivity index (χ1v) is 10.8. The topological polar surface area (TPSA) is 68.5 Å². The maximum atomic E-state index is 14.2. The van der Waals surface area contributed by atoms with Crippen LogP contribution in [0.2, 0.25) is 5.02 Å². The third kappa shape index (κ3) is 3.86. The second-order valence-corrected chi connectivity index (χ2v) is 8.56. The van der Waals surface area contributed by atoms with Crippen LogP contribution in [0.25, 0.3) is 10.9 Å². The van der Waals surface area contributed by atoms with Gasteiger partial charge in [-0.1, -0.05) is 11.6 Å². The third-order valence-electron chi connectivity index (χ3n) is 6.06. The lowest BCUT2D eigenvalue weighted by atomic mass is 9.97. The number of esters is 1. The summed E-state index contributed by atoms with van der Waals surface area (Å²) in [5, 5.41) is 10.2. The zero-order chi connectivity index (χ0) is 23.2. The SMILES string of the molecule is Cc1c(C(C)C(=O)OC2CCCC2)c2cc(O)c(F)cc2n1C(=O)c1ccc(Cl)c(F)c1. The van der Waals surface area contributed by atoms with Crippen molar-refractivity contribution in [1.29, 1.82) is 0 Å². The molecule has 0 spiro atoms. The van der Waals surface area contributed by atoms with E-state index in [4.69, 9.17) is 16.3 Å².